The fourth-order valence-corrected chi connectivity index (χ4v) is 3.30. The van der Waals surface area contributed by atoms with Crippen molar-refractivity contribution >= 4 is 44.9 Å². The molecule has 0 unspecified atom stereocenters. The summed E-state index contributed by atoms with van der Waals surface area (Å²) >= 11 is 6.66. The van der Waals surface area contributed by atoms with Gasteiger partial charge in [0, 0.05) is 34.5 Å². The third kappa shape index (κ3) is 4.15. The minimum atomic E-state index is -0.0695. The Kier molecular flexibility index (Phi) is 5.27. The maximum atomic E-state index is 11.7. The third-order valence-electron chi connectivity index (χ3n) is 2.13. The molecule has 2 heterocycles. The first kappa shape index (κ1) is 13.6. The van der Waals surface area contributed by atoms with Crippen molar-refractivity contribution in [1.82, 2.24) is 15.3 Å². The first-order chi connectivity index (χ1) is 8.75. The molecule has 2 aromatic rings. The summed E-state index contributed by atoms with van der Waals surface area (Å²) in [6.07, 6.45) is 4.48. The van der Waals surface area contributed by atoms with Crippen molar-refractivity contribution in [3.63, 3.8) is 0 Å². The number of carbonyl (C=O) groups excluding carboxylic acids is 1. The van der Waals surface area contributed by atoms with Crippen LogP contribution in [0.4, 0.5) is 0 Å². The van der Waals surface area contributed by atoms with Crippen LogP contribution in [-0.2, 0) is 0 Å². The molecule has 96 valence electrons. The zero-order valence-electron chi connectivity index (χ0n) is 9.48. The number of nitrogens with one attached hydrogen (secondary N) is 2. The lowest BCUT2D eigenvalue weighted by molar-refractivity contribution is 0.0949. The highest BCUT2D eigenvalue weighted by atomic mass is 79.9. The third-order valence-corrected chi connectivity index (χ3v) is 4.64. The van der Waals surface area contributed by atoms with E-state index in [0.29, 0.717) is 12.2 Å². The molecule has 0 aliphatic heterocycles. The van der Waals surface area contributed by atoms with Crippen LogP contribution in [0.25, 0.3) is 0 Å². The first-order valence-electron chi connectivity index (χ1n) is 5.40. The number of carbonyl (C=O) groups is 1. The van der Waals surface area contributed by atoms with Gasteiger partial charge < -0.3 is 10.3 Å². The van der Waals surface area contributed by atoms with E-state index in [4.69, 9.17) is 0 Å². The summed E-state index contributed by atoms with van der Waals surface area (Å²) in [6.45, 7) is 0.674. The van der Waals surface area contributed by atoms with E-state index in [0.717, 1.165) is 21.0 Å². The van der Waals surface area contributed by atoms with Gasteiger partial charge in [-0.05, 0) is 28.4 Å². The normalized spacial score (nSPS) is 10.5. The van der Waals surface area contributed by atoms with Crippen LogP contribution in [0.15, 0.2) is 32.7 Å². The van der Waals surface area contributed by atoms with E-state index in [1.807, 2.05) is 5.38 Å². The molecular formula is C11H12BrN3OS2. The molecule has 2 aromatic heterocycles. The summed E-state index contributed by atoms with van der Waals surface area (Å²) < 4.78 is 1.96. The van der Waals surface area contributed by atoms with E-state index in [9.17, 15) is 4.79 Å². The Morgan fingerprint density at radius 3 is 3.17 bits per heavy atom. The number of aromatic nitrogens is 2. The lowest BCUT2D eigenvalue weighted by Crippen LogP contribution is -2.25. The SMILES string of the molecule is O=C(NCCCSc1nccs1)c1cc(Br)c[nH]1. The summed E-state index contributed by atoms with van der Waals surface area (Å²) in [4.78, 5) is 18.7. The van der Waals surface area contributed by atoms with Gasteiger partial charge in [0.15, 0.2) is 0 Å². The number of thioether (sulfide) groups is 1. The number of thiazole rings is 1. The van der Waals surface area contributed by atoms with Crippen LogP contribution in [0.1, 0.15) is 16.9 Å². The van der Waals surface area contributed by atoms with E-state index in [-0.39, 0.29) is 5.91 Å². The van der Waals surface area contributed by atoms with Crippen molar-refractivity contribution in [3.8, 4) is 0 Å². The second-order valence-electron chi connectivity index (χ2n) is 3.49. The minimum absolute atomic E-state index is 0.0695. The molecule has 1 amide bonds. The van der Waals surface area contributed by atoms with E-state index in [1.54, 1.807) is 41.6 Å². The van der Waals surface area contributed by atoms with Gasteiger partial charge in [-0.25, -0.2) is 4.98 Å². The number of nitrogens with zero attached hydrogens (tertiary/aromatic N) is 1. The van der Waals surface area contributed by atoms with Gasteiger partial charge in [-0.15, -0.1) is 11.3 Å². The van der Waals surface area contributed by atoms with Crippen LogP contribution in [0.2, 0.25) is 0 Å². The Labute approximate surface area is 122 Å². The second-order valence-corrected chi connectivity index (χ2v) is 6.64. The molecule has 0 bridgehead atoms. The van der Waals surface area contributed by atoms with Crippen molar-refractivity contribution < 1.29 is 4.79 Å². The van der Waals surface area contributed by atoms with Crippen molar-refractivity contribution in [2.45, 2.75) is 10.8 Å². The highest BCUT2D eigenvalue weighted by Gasteiger charge is 2.06. The average Bonchev–Trinajstić information content (AvgIpc) is 2.99. The zero-order valence-corrected chi connectivity index (χ0v) is 12.7. The molecule has 0 aliphatic carbocycles. The summed E-state index contributed by atoms with van der Waals surface area (Å²) in [5, 5.41) is 4.84. The topological polar surface area (TPSA) is 57.8 Å². The molecule has 18 heavy (non-hydrogen) atoms. The van der Waals surface area contributed by atoms with Crippen molar-refractivity contribution in [2.24, 2.45) is 0 Å². The largest absolute Gasteiger partial charge is 0.356 e. The Bertz CT molecular complexity index is 498. The van der Waals surface area contributed by atoms with Gasteiger partial charge in [0.25, 0.3) is 5.91 Å². The van der Waals surface area contributed by atoms with Crippen molar-refractivity contribution in [2.75, 3.05) is 12.3 Å². The number of aromatic amines is 1. The highest BCUT2D eigenvalue weighted by molar-refractivity contribution is 9.10. The van der Waals surface area contributed by atoms with E-state index < -0.39 is 0 Å². The molecule has 7 heteroatoms. The number of hydrogen-bond donors (Lipinski definition) is 2. The lowest BCUT2D eigenvalue weighted by atomic mass is 10.4. The average molecular weight is 346 g/mol. The molecule has 0 aliphatic rings. The van der Waals surface area contributed by atoms with Gasteiger partial charge in [0.05, 0.1) is 0 Å². The first-order valence-corrected chi connectivity index (χ1v) is 8.06. The Hall–Kier alpha value is -0.790. The molecule has 0 radical (unpaired) electrons. The van der Waals surface area contributed by atoms with Crippen LogP contribution in [-0.4, -0.2) is 28.2 Å². The molecule has 0 aromatic carbocycles. The number of halogens is 1. The van der Waals surface area contributed by atoms with Gasteiger partial charge in [-0.3, -0.25) is 4.79 Å². The fraction of sp³-hybridized carbons (Fsp3) is 0.273. The Morgan fingerprint density at radius 2 is 2.50 bits per heavy atom. The quantitative estimate of drug-likeness (QED) is 0.624. The van der Waals surface area contributed by atoms with Crippen LogP contribution < -0.4 is 5.32 Å². The summed E-state index contributed by atoms with van der Waals surface area (Å²) in [7, 11) is 0. The molecule has 0 saturated carbocycles. The lowest BCUT2D eigenvalue weighted by Gasteiger charge is -2.02. The highest BCUT2D eigenvalue weighted by Crippen LogP contribution is 2.20. The summed E-state index contributed by atoms with van der Waals surface area (Å²) in [6, 6.07) is 1.76. The monoisotopic (exact) mass is 345 g/mol. The summed E-state index contributed by atoms with van der Waals surface area (Å²) in [5.41, 5.74) is 0.578. The van der Waals surface area contributed by atoms with E-state index in [2.05, 4.69) is 31.2 Å². The molecule has 4 nitrogen and oxygen atoms in total. The number of rotatable bonds is 6. The Morgan fingerprint density at radius 1 is 1.61 bits per heavy atom. The van der Waals surface area contributed by atoms with Crippen LogP contribution >= 0.6 is 39.0 Å². The van der Waals surface area contributed by atoms with Crippen molar-refractivity contribution in [1.29, 1.82) is 0 Å². The molecule has 0 saturated heterocycles. The van der Waals surface area contributed by atoms with Gasteiger partial charge in [0.2, 0.25) is 0 Å². The van der Waals surface area contributed by atoms with E-state index in [1.165, 1.54) is 0 Å². The molecule has 0 fully saturated rings. The van der Waals surface area contributed by atoms with Gasteiger partial charge in [0.1, 0.15) is 10.0 Å². The molecular weight excluding hydrogens is 334 g/mol. The standard InChI is InChI=1S/C11H12BrN3OS2/c12-8-6-9(15-7-8)10(16)13-2-1-4-17-11-14-3-5-18-11/h3,5-7,15H,1-2,4H2,(H,13,16). The fourth-order valence-electron chi connectivity index (χ4n) is 1.31. The second kappa shape index (κ2) is 6.96. The molecule has 2 rings (SSSR count). The van der Waals surface area contributed by atoms with E-state index >= 15 is 0 Å². The number of H-pyrrole nitrogens is 1. The zero-order chi connectivity index (χ0) is 12.8. The smallest absolute Gasteiger partial charge is 0.267 e. The Balaban J connectivity index is 1.62. The van der Waals surface area contributed by atoms with Crippen LogP contribution in [0.3, 0.4) is 0 Å². The van der Waals surface area contributed by atoms with Gasteiger partial charge >= 0.3 is 0 Å². The number of amides is 1. The number of hydrogen-bond acceptors (Lipinski definition) is 4. The molecule has 0 atom stereocenters. The van der Waals surface area contributed by atoms with Crippen LogP contribution in [0.5, 0.6) is 0 Å². The molecule has 0 spiro atoms. The van der Waals surface area contributed by atoms with Crippen molar-refractivity contribution in [3.05, 3.63) is 34.0 Å². The van der Waals surface area contributed by atoms with Crippen LogP contribution in [0, 0.1) is 0 Å². The summed E-state index contributed by atoms with van der Waals surface area (Å²) in [5.74, 6) is 0.891. The minimum Gasteiger partial charge on any atom is -0.356 e. The maximum absolute atomic E-state index is 11.7. The van der Waals surface area contributed by atoms with Gasteiger partial charge in [-0.1, -0.05) is 11.8 Å². The molecule has 2 N–H and O–H groups in total. The predicted molar refractivity (Wildman–Crippen MR) is 78.3 cm³/mol. The predicted octanol–water partition coefficient (Wildman–Crippen LogP) is 3.15. The maximum Gasteiger partial charge on any atom is 0.267 e. The van der Waals surface area contributed by atoms with Gasteiger partial charge in [-0.2, -0.15) is 0 Å².